The summed E-state index contributed by atoms with van der Waals surface area (Å²) in [6.45, 7) is 2.70. The van der Waals surface area contributed by atoms with E-state index in [0.717, 1.165) is 0 Å². The Bertz CT molecular complexity index is 245. The fourth-order valence-corrected chi connectivity index (χ4v) is 1.22. The van der Waals surface area contributed by atoms with Crippen LogP contribution in [0.2, 0.25) is 0 Å². The van der Waals surface area contributed by atoms with E-state index in [0.29, 0.717) is 0 Å². The molecule has 0 bridgehead atoms. The first-order valence-electron chi connectivity index (χ1n) is 3.98. The summed E-state index contributed by atoms with van der Waals surface area (Å²) in [6, 6.07) is 0. The molecule has 1 atom stereocenters. The Morgan fingerprint density at radius 3 is 1.73 bits per heavy atom. The average Bonchev–Trinajstić information content (AvgIpc) is 1.96. The molecule has 0 heterocycles. The lowest BCUT2D eigenvalue weighted by atomic mass is 10.3. The average molecular weight is 253 g/mol. The Morgan fingerprint density at radius 1 is 1.07 bits per heavy atom. The molecule has 0 amide bonds. The summed E-state index contributed by atoms with van der Waals surface area (Å²) in [6.07, 6.45) is -5.62. The lowest BCUT2D eigenvalue weighted by molar-refractivity contribution is -0.277. The van der Waals surface area contributed by atoms with E-state index in [1.165, 1.54) is 20.8 Å². The lowest BCUT2D eigenvalue weighted by Crippen LogP contribution is -2.47. The second-order valence-corrected chi connectivity index (χ2v) is 5.96. The van der Waals surface area contributed by atoms with Crippen LogP contribution in [0.15, 0.2) is 0 Å². The predicted octanol–water partition coefficient (Wildman–Crippen LogP) is 2.24. The summed E-state index contributed by atoms with van der Waals surface area (Å²) < 4.78 is 71.7. The number of halogens is 5. The molecule has 0 radical (unpaired) electrons. The Labute approximate surface area is 86.8 Å². The zero-order valence-electron chi connectivity index (χ0n) is 8.41. The Hall–Kier alpha value is -0.240. The third-order valence-corrected chi connectivity index (χ3v) is 2.92. The number of hydrogen-bond donors (Lipinski definition) is 1. The Morgan fingerprint density at radius 2 is 1.47 bits per heavy atom. The van der Waals surface area contributed by atoms with Crippen LogP contribution in [0, 0.1) is 0 Å². The number of rotatable bonds is 3. The van der Waals surface area contributed by atoms with E-state index >= 15 is 0 Å². The predicted molar refractivity (Wildman–Crippen MR) is 46.9 cm³/mol. The first kappa shape index (κ1) is 14.8. The van der Waals surface area contributed by atoms with Gasteiger partial charge in [0.1, 0.15) is 0 Å². The monoisotopic (exact) mass is 253 g/mol. The molecule has 15 heavy (non-hydrogen) atoms. The van der Waals surface area contributed by atoms with Crippen LogP contribution >= 0.6 is 0 Å². The molecule has 0 aliphatic carbocycles. The van der Waals surface area contributed by atoms with Crippen molar-refractivity contribution in [1.29, 1.82) is 0 Å². The first-order chi connectivity index (χ1) is 6.38. The molecule has 0 aromatic heterocycles. The van der Waals surface area contributed by atoms with Crippen molar-refractivity contribution in [2.75, 3.05) is 6.54 Å². The number of alkyl halides is 5. The SMILES string of the molecule is CC(C)(C)S(=O)NCC(F)(F)C(F)(F)F. The summed E-state index contributed by atoms with van der Waals surface area (Å²) in [5.74, 6) is -4.87. The highest BCUT2D eigenvalue weighted by Crippen LogP contribution is 2.34. The van der Waals surface area contributed by atoms with Gasteiger partial charge in [0.25, 0.3) is 0 Å². The van der Waals surface area contributed by atoms with Gasteiger partial charge in [0.15, 0.2) is 0 Å². The number of nitrogens with one attached hydrogen (secondary N) is 1. The van der Waals surface area contributed by atoms with Gasteiger partial charge in [-0.1, -0.05) is 0 Å². The molecule has 0 rings (SSSR count). The first-order valence-corrected chi connectivity index (χ1v) is 5.13. The maximum atomic E-state index is 12.4. The minimum Gasteiger partial charge on any atom is -0.242 e. The normalized spacial score (nSPS) is 16.5. The van der Waals surface area contributed by atoms with Crippen molar-refractivity contribution < 1.29 is 26.2 Å². The van der Waals surface area contributed by atoms with E-state index in [9.17, 15) is 26.2 Å². The molecule has 0 fully saturated rings. The van der Waals surface area contributed by atoms with Crippen molar-refractivity contribution in [1.82, 2.24) is 4.72 Å². The maximum absolute atomic E-state index is 12.4. The summed E-state index contributed by atoms with van der Waals surface area (Å²) >= 11 is 0. The molecule has 1 unspecified atom stereocenters. The van der Waals surface area contributed by atoms with Crippen molar-refractivity contribution >= 4 is 11.0 Å². The highest BCUT2D eigenvalue weighted by molar-refractivity contribution is 7.84. The molecule has 0 aliphatic rings. The number of hydrogen-bond acceptors (Lipinski definition) is 1. The molecule has 2 nitrogen and oxygen atoms in total. The van der Waals surface area contributed by atoms with Gasteiger partial charge >= 0.3 is 12.1 Å². The van der Waals surface area contributed by atoms with E-state index in [2.05, 4.69) is 0 Å². The zero-order chi connectivity index (χ0) is 12.5. The van der Waals surface area contributed by atoms with Gasteiger partial charge in [-0.15, -0.1) is 0 Å². The molecule has 0 saturated heterocycles. The van der Waals surface area contributed by atoms with Gasteiger partial charge in [-0.2, -0.15) is 22.0 Å². The van der Waals surface area contributed by atoms with Gasteiger partial charge < -0.3 is 0 Å². The van der Waals surface area contributed by atoms with E-state index < -0.39 is 34.4 Å². The van der Waals surface area contributed by atoms with Crippen LogP contribution in [0.5, 0.6) is 0 Å². The summed E-state index contributed by atoms with van der Waals surface area (Å²) in [7, 11) is -1.95. The molecular formula is C7H12F5NOS. The van der Waals surface area contributed by atoms with Gasteiger partial charge in [0, 0.05) is 0 Å². The molecular weight excluding hydrogens is 241 g/mol. The van der Waals surface area contributed by atoms with Gasteiger partial charge in [-0.05, 0) is 20.8 Å². The van der Waals surface area contributed by atoms with Gasteiger partial charge in [-0.25, -0.2) is 8.93 Å². The smallest absolute Gasteiger partial charge is 0.242 e. The second-order valence-electron chi connectivity index (χ2n) is 3.90. The molecule has 0 aromatic carbocycles. The Balaban J connectivity index is 4.36. The van der Waals surface area contributed by atoms with Crippen molar-refractivity contribution in [3.8, 4) is 0 Å². The topological polar surface area (TPSA) is 29.1 Å². The van der Waals surface area contributed by atoms with Crippen molar-refractivity contribution in [2.45, 2.75) is 37.6 Å². The van der Waals surface area contributed by atoms with Crippen LogP contribution in [-0.2, 0) is 11.0 Å². The summed E-state index contributed by atoms with van der Waals surface area (Å²) in [5, 5.41) is 0. The molecule has 0 aliphatic heterocycles. The van der Waals surface area contributed by atoms with Crippen molar-refractivity contribution in [3.05, 3.63) is 0 Å². The molecule has 0 spiro atoms. The highest BCUT2D eigenvalue weighted by Gasteiger charge is 2.57. The Kier molecular flexibility index (Phi) is 4.26. The van der Waals surface area contributed by atoms with Gasteiger partial charge in [-0.3, -0.25) is 0 Å². The van der Waals surface area contributed by atoms with E-state index in [1.807, 2.05) is 0 Å². The molecule has 1 N–H and O–H groups in total. The summed E-state index contributed by atoms with van der Waals surface area (Å²) in [4.78, 5) is 0. The quantitative estimate of drug-likeness (QED) is 0.768. The van der Waals surface area contributed by atoms with Crippen LogP contribution in [0.25, 0.3) is 0 Å². The van der Waals surface area contributed by atoms with E-state index in [4.69, 9.17) is 0 Å². The highest BCUT2D eigenvalue weighted by atomic mass is 32.2. The third-order valence-electron chi connectivity index (χ3n) is 1.40. The van der Waals surface area contributed by atoms with Crippen molar-refractivity contribution in [3.63, 3.8) is 0 Å². The maximum Gasteiger partial charge on any atom is 0.454 e. The fourth-order valence-electron chi connectivity index (χ4n) is 0.473. The standard InChI is InChI=1S/C7H12F5NOS/c1-5(2,3)15(14)13-4-6(8,9)7(10,11)12/h13H,4H2,1-3H3. The second kappa shape index (κ2) is 4.32. The minimum atomic E-state index is -5.62. The molecule has 8 heteroatoms. The largest absolute Gasteiger partial charge is 0.454 e. The minimum absolute atomic E-state index is 0.887. The van der Waals surface area contributed by atoms with E-state index in [1.54, 1.807) is 4.72 Å². The van der Waals surface area contributed by atoms with Crippen LogP contribution in [-0.4, -0.2) is 27.6 Å². The third kappa shape index (κ3) is 4.42. The molecule has 0 aromatic rings. The molecule has 92 valence electrons. The van der Waals surface area contributed by atoms with E-state index in [-0.39, 0.29) is 0 Å². The van der Waals surface area contributed by atoms with Crippen LogP contribution in [0.1, 0.15) is 20.8 Å². The van der Waals surface area contributed by atoms with Crippen molar-refractivity contribution in [2.24, 2.45) is 0 Å². The van der Waals surface area contributed by atoms with Gasteiger partial charge in [0.2, 0.25) is 0 Å². The molecule has 0 saturated carbocycles. The zero-order valence-corrected chi connectivity index (χ0v) is 9.23. The summed E-state index contributed by atoms with van der Waals surface area (Å²) in [5.41, 5.74) is 0. The van der Waals surface area contributed by atoms with Crippen LogP contribution < -0.4 is 4.72 Å². The lowest BCUT2D eigenvalue weighted by Gasteiger charge is -2.23. The van der Waals surface area contributed by atoms with Crippen LogP contribution in [0.4, 0.5) is 22.0 Å². The fraction of sp³-hybridized carbons (Fsp3) is 1.00. The van der Waals surface area contributed by atoms with Crippen LogP contribution in [0.3, 0.4) is 0 Å². The van der Waals surface area contributed by atoms with Gasteiger partial charge in [0.05, 0.1) is 22.3 Å².